The minimum atomic E-state index is -3.76. The van der Waals surface area contributed by atoms with Crippen LogP contribution in [0.25, 0.3) is 0 Å². The zero-order valence-corrected chi connectivity index (χ0v) is 16.6. The molecule has 0 aromatic heterocycles. The molecular weight excluding hydrogens is 352 g/mol. The molecule has 0 atom stereocenters. The number of amides is 1. The van der Waals surface area contributed by atoms with Gasteiger partial charge in [0.25, 0.3) is 5.91 Å². The molecule has 1 aromatic carbocycles. The van der Waals surface area contributed by atoms with Crippen LogP contribution in [0.15, 0.2) is 35.2 Å². The second-order valence-electron chi connectivity index (χ2n) is 6.74. The van der Waals surface area contributed by atoms with E-state index in [1.807, 2.05) is 13.8 Å². The summed E-state index contributed by atoms with van der Waals surface area (Å²) in [5.74, 6) is 0.00506. The van der Waals surface area contributed by atoms with Crippen LogP contribution in [0.4, 0.5) is 0 Å². The minimum absolute atomic E-state index is 0.00382. The molecule has 1 amide bonds. The van der Waals surface area contributed by atoms with Crippen molar-refractivity contribution >= 4 is 15.9 Å². The Morgan fingerprint density at radius 2 is 2.00 bits per heavy atom. The first-order valence-electron chi connectivity index (χ1n) is 8.92. The van der Waals surface area contributed by atoms with Gasteiger partial charge in [-0.05, 0) is 44.9 Å². The lowest BCUT2D eigenvalue weighted by Crippen LogP contribution is -2.34. The van der Waals surface area contributed by atoms with Gasteiger partial charge in [-0.3, -0.25) is 4.79 Å². The Kier molecular flexibility index (Phi) is 6.83. The van der Waals surface area contributed by atoms with Gasteiger partial charge in [0, 0.05) is 24.7 Å². The van der Waals surface area contributed by atoms with Gasteiger partial charge < -0.3 is 9.64 Å². The third-order valence-electron chi connectivity index (χ3n) is 4.51. The number of sulfonamides is 1. The Bertz CT molecular complexity index is 768. The molecule has 0 saturated heterocycles. The molecule has 0 radical (unpaired) electrons. The normalized spacial score (nSPS) is 15.0. The van der Waals surface area contributed by atoms with Crippen molar-refractivity contribution in [3.63, 3.8) is 0 Å². The number of methoxy groups -OCH3 is 1. The van der Waals surface area contributed by atoms with E-state index in [9.17, 15) is 13.2 Å². The van der Waals surface area contributed by atoms with E-state index in [1.54, 1.807) is 11.0 Å². The van der Waals surface area contributed by atoms with Crippen LogP contribution in [-0.2, 0) is 10.0 Å². The van der Waals surface area contributed by atoms with Crippen LogP contribution in [-0.4, -0.2) is 45.5 Å². The number of carbonyl (C=O) groups excluding carboxylic acids is 1. The summed E-state index contributed by atoms with van der Waals surface area (Å²) in [5.41, 5.74) is 1.19. The highest BCUT2D eigenvalue weighted by Gasteiger charge is 2.27. The fourth-order valence-electron chi connectivity index (χ4n) is 3.18. The van der Waals surface area contributed by atoms with Crippen molar-refractivity contribution < 1.29 is 17.9 Å². The highest BCUT2D eigenvalue weighted by molar-refractivity contribution is 7.89. The second kappa shape index (κ2) is 8.68. The van der Waals surface area contributed by atoms with Crippen LogP contribution in [0, 0.1) is 0 Å². The molecule has 1 aliphatic carbocycles. The fourth-order valence-corrected chi connectivity index (χ4v) is 4.68. The first kappa shape index (κ1) is 20.5. The smallest absolute Gasteiger partial charge is 0.254 e. The molecule has 2 rings (SSSR count). The van der Waals surface area contributed by atoms with Crippen molar-refractivity contribution in [2.45, 2.75) is 50.5 Å². The van der Waals surface area contributed by atoms with Crippen LogP contribution in [0.2, 0.25) is 0 Å². The number of carbonyl (C=O) groups is 1. The molecule has 1 saturated carbocycles. The van der Waals surface area contributed by atoms with Crippen molar-refractivity contribution in [3.05, 3.63) is 35.9 Å². The Morgan fingerprint density at radius 3 is 2.54 bits per heavy atom. The van der Waals surface area contributed by atoms with E-state index in [4.69, 9.17) is 4.74 Å². The number of likely N-dealkylation sites (N-methyl/N-ethyl adjacent to an activating group) is 1. The molecular formula is C19H28N2O4S. The molecule has 0 bridgehead atoms. The molecule has 1 N–H and O–H groups in total. The Balaban J connectivity index is 2.35. The quantitative estimate of drug-likeness (QED) is 0.704. The molecule has 1 aromatic rings. The molecule has 0 aliphatic heterocycles. The number of hydrogen-bond acceptors (Lipinski definition) is 4. The van der Waals surface area contributed by atoms with Crippen LogP contribution in [0.3, 0.4) is 0 Å². The predicted molar refractivity (Wildman–Crippen MR) is 102 cm³/mol. The van der Waals surface area contributed by atoms with E-state index in [2.05, 4.69) is 11.3 Å². The summed E-state index contributed by atoms with van der Waals surface area (Å²) in [6.07, 6.45) is 3.72. The number of ether oxygens (including phenoxy) is 1. The average molecular weight is 381 g/mol. The molecule has 1 aliphatic rings. The van der Waals surface area contributed by atoms with Crippen LogP contribution in [0.1, 0.15) is 49.9 Å². The highest BCUT2D eigenvalue weighted by Crippen LogP contribution is 2.27. The van der Waals surface area contributed by atoms with E-state index in [-0.39, 0.29) is 22.6 Å². The van der Waals surface area contributed by atoms with E-state index in [1.165, 1.54) is 19.2 Å². The maximum absolute atomic E-state index is 12.8. The topological polar surface area (TPSA) is 75.7 Å². The number of nitrogens with one attached hydrogen (secondary N) is 1. The van der Waals surface area contributed by atoms with Gasteiger partial charge in [-0.15, -0.1) is 0 Å². The van der Waals surface area contributed by atoms with Gasteiger partial charge in [0.1, 0.15) is 10.6 Å². The van der Waals surface area contributed by atoms with Gasteiger partial charge in [-0.2, -0.15) is 0 Å². The van der Waals surface area contributed by atoms with E-state index in [0.29, 0.717) is 18.7 Å². The van der Waals surface area contributed by atoms with Gasteiger partial charge in [-0.1, -0.05) is 25.0 Å². The lowest BCUT2D eigenvalue weighted by atomic mass is 10.1. The molecule has 1 fully saturated rings. The Morgan fingerprint density at radius 1 is 1.35 bits per heavy atom. The Hall–Kier alpha value is -1.86. The third kappa shape index (κ3) is 4.86. The summed E-state index contributed by atoms with van der Waals surface area (Å²) in [5, 5.41) is 0. The van der Waals surface area contributed by atoms with Gasteiger partial charge >= 0.3 is 0 Å². The fraction of sp³-hybridized carbons (Fsp3) is 0.526. The third-order valence-corrected chi connectivity index (χ3v) is 6.05. The lowest BCUT2D eigenvalue weighted by Gasteiger charge is -2.22. The van der Waals surface area contributed by atoms with Crippen molar-refractivity contribution in [3.8, 4) is 5.75 Å². The zero-order chi connectivity index (χ0) is 19.3. The van der Waals surface area contributed by atoms with E-state index >= 15 is 0 Å². The number of benzene rings is 1. The average Bonchev–Trinajstić information content (AvgIpc) is 3.10. The first-order chi connectivity index (χ1) is 12.3. The monoisotopic (exact) mass is 380 g/mol. The maximum Gasteiger partial charge on any atom is 0.254 e. The summed E-state index contributed by atoms with van der Waals surface area (Å²) < 4.78 is 33.6. The van der Waals surface area contributed by atoms with E-state index < -0.39 is 10.0 Å². The summed E-state index contributed by atoms with van der Waals surface area (Å²) in [6.45, 7) is 8.52. The van der Waals surface area contributed by atoms with E-state index in [0.717, 1.165) is 31.3 Å². The maximum atomic E-state index is 12.8. The minimum Gasteiger partial charge on any atom is -0.495 e. The number of hydrogen-bond donors (Lipinski definition) is 1. The van der Waals surface area contributed by atoms with Crippen molar-refractivity contribution in [2.24, 2.45) is 0 Å². The lowest BCUT2D eigenvalue weighted by molar-refractivity contribution is 0.0778. The largest absolute Gasteiger partial charge is 0.495 e. The van der Waals surface area contributed by atoms with Crippen molar-refractivity contribution in [1.29, 1.82) is 0 Å². The molecule has 0 heterocycles. The highest BCUT2D eigenvalue weighted by atomic mass is 32.2. The molecule has 0 spiro atoms. The molecule has 144 valence electrons. The first-order valence-corrected chi connectivity index (χ1v) is 10.4. The number of rotatable bonds is 8. The van der Waals surface area contributed by atoms with Crippen LogP contribution in [0.5, 0.6) is 5.75 Å². The van der Waals surface area contributed by atoms with Crippen LogP contribution >= 0.6 is 0 Å². The molecule has 6 nitrogen and oxygen atoms in total. The summed E-state index contributed by atoms with van der Waals surface area (Å²) >= 11 is 0. The molecule has 7 heteroatoms. The molecule has 0 unspecified atom stereocenters. The number of nitrogens with zero attached hydrogens (tertiary/aromatic N) is 1. The van der Waals surface area contributed by atoms with Crippen molar-refractivity contribution in [1.82, 2.24) is 9.62 Å². The van der Waals surface area contributed by atoms with Gasteiger partial charge in [0.05, 0.1) is 7.11 Å². The zero-order valence-electron chi connectivity index (χ0n) is 15.7. The second-order valence-corrected chi connectivity index (χ2v) is 8.43. The van der Waals surface area contributed by atoms with Crippen molar-refractivity contribution in [2.75, 3.05) is 20.2 Å². The predicted octanol–water partition coefficient (Wildman–Crippen LogP) is 2.95. The van der Waals surface area contributed by atoms with Crippen LogP contribution < -0.4 is 9.46 Å². The summed E-state index contributed by atoms with van der Waals surface area (Å²) in [4.78, 5) is 14.4. The SMILES string of the molecule is C=C(C)CN(CC)C(=O)c1ccc(OC)c(S(=O)(=O)NC2CCCC2)c1. The molecule has 26 heavy (non-hydrogen) atoms. The van der Waals surface area contributed by atoms with Gasteiger partial charge in [-0.25, -0.2) is 13.1 Å². The summed E-state index contributed by atoms with van der Waals surface area (Å²) in [6, 6.07) is 4.47. The van der Waals surface area contributed by atoms with Gasteiger partial charge in [0.15, 0.2) is 0 Å². The Labute approximate surface area is 156 Å². The summed E-state index contributed by atoms with van der Waals surface area (Å²) in [7, 11) is -2.34. The standard InChI is InChI=1S/C19H28N2O4S/c1-5-21(13-14(2)3)19(22)15-10-11-17(25-4)18(12-15)26(23,24)20-16-8-6-7-9-16/h10-12,16,20H,2,5-9,13H2,1,3-4H3. The van der Waals surface area contributed by atoms with Gasteiger partial charge in [0.2, 0.25) is 10.0 Å².